The maximum Gasteiger partial charge on any atom is 0.339 e. The summed E-state index contributed by atoms with van der Waals surface area (Å²) >= 11 is 2.93. The van der Waals surface area contributed by atoms with Crippen molar-refractivity contribution in [2.24, 2.45) is 0 Å². The van der Waals surface area contributed by atoms with Gasteiger partial charge < -0.3 is 10.4 Å². The number of rotatable bonds is 4. The van der Waals surface area contributed by atoms with Gasteiger partial charge in [-0.25, -0.2) is 4.79 Å². The first kappa shape index (κ1) is 13.3. The first-order valence-electron chi connectivity index (χ1n) is 6.35. The Morgan fingerprint density at radius 3 is 2.90 bits per heavy atom. The van der Waals surface area contributed by atoms with Crippen LogP contribution in [0.15, 0.2) is 17.5 Å². The topological polar surface area (TPSA) is 66.4 Å². The maximum absolute atomic E-state index is 12.0. The predicted molar refractivity (Wildman–Crippen MR) is 80.0 cm³/mol. The number of hydrogen-bond donors (Lipinski definition) is 2. The van der Waals surface area contributed by atoms with Crippen LogP contribution in [0.2, 0.25) is 0 Å². The van der Waals surface area contributed by atoms with Crippen LogP contribution in [0.5, 0.6) is 0 Å². The first-order valence-corrected chi connectivity index (χ1v) is 8.05. The first-order chi connectivity index (χ1) is 9.65. The van der Waals surface area contributed by atoms with E-state index in [4.69, 9.17) is 0 Å². The number of carboxylic acid groups (broad SMARTS) is 1. The smallest absolute Gasteiger partial charge is 0.339 e. The third-order valence-corrected chi connectivity index (χ3v) is 5.39. The molecule has 0 spiro atoms. The van der Waals surface area contributed by atoms with Crippen molar-refractivity contribution in [1.29, 1.82) is 0 Å². The second-order valence-corrected chi connectivity index (χ2v) is 6.81. The molecule has 0 unspecified atom stereocenters. The largest absolute Gasteiger partial charge is 0.478 e. The van der Waals surface area contributed by atoms with Crippen molar-refractivity contribution < 1.29 is 14.7 Å². The van der Waals surface area contributed by atoms with Gasteiger partial charge in [-0.05, 0) is 36.3 Å². The molecule has 20 heavy (non-hydrogen) atoms. The van der Waals surface area contributed by atoms with E-state index in [0.717, 1.165) is 34.6 Å². The number of hydrogen-bond acceptors (Lipinski definition) is 4. The van der Waals surface area contributed by atoms with Crippen molar-refractivity contribution in [3.63, 3.8) is 0 Å². The van der Waals surface area contributed by atoms with Gasteiger partial charge in [0.25, 0.3) is 0 Å². The number of carboxylic acids is 1. The highest BCUT2D eigenvalue weighted by Crippen LogP contribution is 2.39. The Morgan fingerprint density at radius 1 is 1.35 bits per heavy atom. The molecule has 0 aromatic carbocycles. The van der Waals surface area contributed by atoms with E-state index in [-0.39, 0.29) is 5.91 Å². The molecule has 0 bridgehead atoms. The molecule has 6 heteroatoms. The Morgan fingerprint density at radius 2 is 2.20 bits per heavy atom. The van der Waals surface area contributed by atoms with E-state index in [2.05, 4.69) is 5.32 Å². The summed E-state index contributed by atoms with van der Waals surface area (Å²) in [5.74, 6) is -1.11. The van der Waals surface area contributed by atoms with Crippen molar-refractivity contribution in [2.75, 3.05) is 5.32 Å². The van der Waals surface area contributed by atoms with Crippen molar-refractivity contribution in [3.8, 4) is 0 Å². The molecule has 3 rings (SSSR count). The van der Waals surface area contributed by atoms with Crippen LogP contribution < -0.4 is 5.32 Å². The molecule has 2 N–H and O–H groups in total. The molecule has 2 aromatic heterocycles. The van der Waals surface area contributed by atoms with Gasteiger partial charge in [-0.1, -0.05) is 6.07 Å². The summed E-state index contributed by atoms with van der Waals surface area (Å²) in [7, 11) is 0. The fraction of sp³-hybridized carbons (Fsp3) is 0.286. The molecule has 104 valence electrons. The molecule has 0 saturated carbocycles. The zero-order valence-electron chi connectivity index (χ0n) is 10.6. The number of carbonyl (C=O) groups is 2. The molecule has 0 aliphatic heterocycles. The SMILES string of the molecule is O=C(Cc1cccs1)Nc1sc2c(c1C(=O)O)CCC2. The van der Waals surface area contributed by atoms with Gasteiger partial charge in [0.1, 0.15) is 5.00 Å². The van der Waals surface area contributed by atoms with E-state index in [0.29, 0.717) is 17.0 Å². The summed E-state index contributed by atoms with van der Waals surface area (Å²) in [6.45, 7) is 0. The molecule has 0 radical (unpaired) electrons. The number of thiophene rings is 2. The number of anilines is 1. The van der Waals surface area contributed by atoms with Gasteiger partial charge in [0.2, 0.25) is 5.91 Å². The van der Waals surface area contributed by atoms with E-state index in [9.17, 15) is 14.7 Å². The number of carbonyl (C=O) groups excluding carboxylic acids is 1. The fourth-order valence-corrected chi connectivity index (χ4v) is 4.46. The van der Waals surface area contributed by atoms with Gasteiger partial charge in [0.05, 0.1) is 12.0 Å². The number of nitrogens with one attached hydrogen (secondary N) is 1. The molecule has 0 saturated heterocycles. The van der Waals surface area contributed by atoms with Gasteiger partial charge in [-0.15, -0.1) is 22.7 Å². The minimum Gasteiger partial charge on any atom is -0.478 e. The lowest BCUT2D eigenvalue weighted by molar-refractivity contribution is -0.115. The maximum atomic E-state index is 12.0. The zero-order valence-corrected chi connectivity index (χ0v) is 12.3. The number of aryl methyl sites for hydroxylation is 1. The van der Waals surface area contributed by atoms with Crippen molar-refractivity contribution in [1.82, 2.24) is 0 Å². The molecule has 1 aliphatic carbocycles. The Balaban J connectivity index is 1.80. The van der Waals surface area contributed by atoms with Crippen LogP contribution in [-0.2, 0) is 24.1 Å². The normalized spacial score (nSPS) is 13.2. The second kappa shape index (κ2) is 5.38. The lowest BCUT2D eigenvalue weighted by atomic mass is 10.1. The van der Waals surface area contributed by atoms with E-state index >= 15 is 0 Å². The van der Waals surface area contributed by atoms with Crippen LogP contribution in [0.3, 0.4) is 0 Å². The molecule has 0 fully saturated rings. The van der Waals surface area contributed by atoms with Gasteiger partial charge >= 0.3 is 5.97 Å². The molecule has 1 amide bonds. The van der Waals surface area contributed by atoms with Crippen molar-refractivity contribution >= 4 is 39.6 Å². The third kappa shape index (κ3) is 2.48. The van der Waals surface area contributed by atoms with Crippen LogP contribution in [0.1, 0.15) is 32.1 Å². The van der Waals surface area contributed by atoms with Crippen LogP contribution in [-0.4, -0.2) is 17.0 Å². The lowest BCUT2D eigenvalue weighted by Crippen LogP contribution is -2.15. The average molecular weight is 307 g/mol. The summed E-state index contributed by atoms with van der Waals surface area (Å²) in [6, 6.07) is 3.80. The molecule has 1 aliphatic rings. The van der Waals surface area contributed by atoms with Gasteiger partial charge in [-0.3, -0.25) is 4.79 Å². The summed E-state index contributed by atoms with van der Waals surface area (Å²) in [5, 5.41) is 14.5. The Bertz CT molecular complexity index is 658. The van der Waals surface area contributed by atoms with E-state index in [1.165, 1.54) is 22.7 Å². The number of aromatic carboxylic acids is 1. The monoisotopic (exact) mass is 307 g/mol. The molecular weight excluding hydrogens is 294 g/mol. The summed E-state index contributed by atoms with van der Waals surface area (Å²) in [6.07, 6.45) is 3.01. The zero-order chi connectivity index (χ0) is 14.1. The molecule has 4 nitrogen and oxygen atoms in total. The van der Waals surface area contributed by atoms with Gasteiger partial charge in [0, 0.05) is 9.75 Å². The molecule has 0 atom stereocenters. The Kier molecular flexibility index (Phi) is 3.58. The van der Waals surface area contributed by atoms with Crippen LogP contribution in [0.4, 0.5) is 5.00 Å². The fourth-order valence-electron chi connectivity index (χ4n) is 2.46. The molecule has 2 heterocycles. The predicted octanol–water partition coefficient (Wildman–Crippen LogP) is 3.18. The summed E-state index contributed by atoms with van der Waals surface area (Å²) < 4.78 is 0. The molecular formula is C14H13NO3S2. The minimum absolute atomic E-state index is 0.158. The summed E-state index contributed by atoms with van der Waals surface area (Å²) in [5.41, 5.74) is 1.20. The third-order valence-electron chi connectivity index (χ3n) is 3.30. The van der Waals surface area contributed by atoms with E-state index < -0.39 is 5.97 Å². The van der Waals surface area contributed by atoms with Crippen LogP contribution >= 0.6 is 22.7 Å². The summed E-state index contributed by atoms with van der Waals surface area (Å²) in [4.78, 5) is 25.5. The Labute approximate surface area is 124 Å². The van der Waals surface area contributed by atoms with E-state index in [1.807, 2.05) is 17.5 Å². The molecule has 2 aromatic rings. The van der Waals surface area contributed by atoms with Gasteiger partial charge in [-0.2, -0.15) is 0 Å². The second-order valence-electron chi connectivity index (χ2n) is 4.67. The highest BCUT2D eigenvalue weighted by molar-refractivity contribution is 7.17. The standard InChI is InChI=1S/C14H13NO3S2/c16-11(7-8-3-2-6-19-8)15-13-12(14(17)18)9-4-1-5-10(9)20-13/h2-3,6H,1,4-5,7H2,(H,15,16)(H,17,18). The van der Waals surface area contributed by atoms with Crippen LogP contribution in [0.25, 0.3) is 0 Å². The quantitative estimate of drug-likeness (QED) is 0.911. The van der Waals surface area contributed by atoms with E-state index in [1.54, 1.807) is 0 Å². The minimum atomic E-state index is -0.948. The van der Waals surface area contributed by atoms with Crippen LogP contribution in [0, 0.1) is 0 Å². The van der Waals surface area contributed by atoms with Gasteiger partial charge in [0.15, 0.2) is 0 Å². The highest BCUT2D eigenvalue weighted by atomic mass is 32.1. The highest BCUT2D eigenvalue weighted by Gasteiger charge is 2.27. The van der Waals surface area contributed by atoms with Crippen molar-refractivity contribution in [3.05, 3.63) is 38.4 Å². The lowest BCUT2D eigenvalue weighted by Gasteiger charge is -2.04. The Hall–Kier alpha value is -1.66. The average Bonchev–Trinajstić information content (AvgIpc) is 3.04. The number of amides is 1. The number of fused-ring (bicyclic) bond motifs is 1. The van der Waals surface area contributed by atoms with Crippen molar-refractivity contribution in [2.45, 2.75) is 25.7 Å².